The molecule has 0 unspecified atom stereocenters. The van der Waals surface area contributed by atoms with Crippen LogP contribution in [0.25, 0.3) is 11.8 Å². The van der Waals surface area contributed by atoms with E-state index >= 15 is 0 Å². The lowest BCUT2D eigenvalue weighted by atomic mass is 9.90. The summed E-state index contributed by atoms with van der Waals surface area (Å²) in [6, 6.07) is 20.0. The van der Waals surface area contributed by atoms with Gasteiger partial charge in [-0.25, -0.2) is 4.98 Å². The third-order valence-electron chi connectivity index (χ3n) is 7.36. The summed E-state index contributed by atoms with van der Waals surface area (Å²) in [4.78, 5) is 32.7. The maximum absolute atomic E-state index is 13.7. The van der Waals surface area contributed by atoms with Gasteiger partial charge in [-0.1, -0.05) is 37.3 Å². The summed E-state index contributed by atoms with van der Waals surface area (Å²) in [5, 5.41) is 10.4. The zero-order valence-corrected chi connectivity index (χ0v) is 25.4. The van der Waals surface area contributed by atoms with Crippen LogP contribution in [0.2, 0.25) is 0 Å². The molecule has 1 aromatic heterocycles. The number of aromatic nitrogens is 2. The van der Waals surface area contributed by atoms with E-state index in [1.807, 2.05) is 78.4 Å². The molecule has 41 heavy (non-hydrogen) atoms. The highest BCUT2D eigenvalue weighted by Gasteiger charge is 2.33. The SMILES string of the molecule is COc1cc(/C=C2\C[C@H](C)CN([C@@H](CO)c3ccc(C(=O)c4ccc(I)cc4)cc3)C2=O)ccc1-n1cnc(C)c1. The number of halogens is 1. The van der Waals surface area contributed by atoms with Crippen molar-refractivity contribution in [1.82, 2.24) is 14.5 Å². The molecule has 1 saturated heterocycles. The number of aliphatic hydroxyl groups excluding tert-OH is 1. The number of ether oxygens (including phenoxy) is 1. The highest BCUT2D eigenvalue weighted by molar-refractivity contribution is 14.1. The van der Waals surface area contributed by atoms with Gasteiger partial charge in [-0.3, -0.25) is 9.59 Å². The summed E-state index contributed by atoms with van der Waals surface area (Å²) < 4.78 is 8.62. The number of imidazole rings is 1. The molecule has 0 bridgehead atoms. The van der Waals surface area contributed by atoms with Gasteiger partial charge in [0.2, 0.25) is 5.91 Å². The van der Waals surface area contributed by atoms with Crippen molar-refractivity contribution in [2.45, 2.75) is 26.3 Å². The Hall–Kier alpha value is -3.76. The zero-order valence-electron chi connectivity index (χ0n) is 23.3. The topological polar surface area (TPSA) is 84.7 Å². The third kappa shape index (κ3) is 6.28. The number of hydrogen-bond acceptors (Lipinski definition) is 5. The molecule has 0 aliphatic carbocycles. The number of methoxy groups -OCH3 is 1. The van der Waals surface area contributed by atoms with Crippen LogP contribution in [0, 0.1) is 16.4 Å². The molecule has 0 radical (unpaired) electrons. The summed E-state index contributed by atoms with van der Waals surface area (Å²) in [6.45, 7) is 4.35. The normalized spacial score (nSPS) is 17.1. The van der Waals surface area contributed by atoms with Gasteiger partial charge in [0, 0.05) is 33.0 Å². The molecule has 5 rings (SSSR count). The fraction of sp³-hybridized carbons (Fsp3) is 0.242. The fourth-order valence-electron chi connectivity index (χ4n) is 5.28. The van der Waals surface area contributed by atoms with Gasteiger partial charge in [0.15, 0.2) is 5.78 Å². The van der Waals surface area contributed by atoms with E-state index in [-0.39, 0.29) is 24.2 Å². The number of amides is 1. The van der Waals surface area contributed by atoms with E-state index in [9.17, 15) is 14.7 Å². The van der Waals surface area contributed by atoms with Gasteiger partial charge in [-0.15, -0.1) is 0 Å². The van der Waals surface area contributed by atoms with Gasteiger partial charge >= 0.3 is 0 Å². The molecule has 3 aromatic carbocycles. The van der Waals surface area contributed by atoms with Crippen molar-refractivity contribution in [1.29, 1.82) is 0 Å². The number of hydrogen-bond donors (Lipinski definition) is 1. The second-order valence-electron chi connectivity index (χ2n) is 10.4. The Kier molecular flexibility index (Phi) is 8.70. The minimum atomic E-state index is -0.516. The predicted octanol–water partition coefficient (Wildman–Crippen LogP) is 6.01. The van der Waals surface area contributed by atoms with Crippen LogP contribution in [0.5, 0.6) is 5.75 Å². The van der Waals surface area contributed by atoms with Crippen LogP contribution >= 0.6 is 22.6 Å². The van der Waals surface area contributed by atoms with Crippen LogP contribution in [0.1, 0.15) is 52.1 Å². The van der Waals surface area contributed by atoms with Gasteiger partial charge in [0.05, 0.1) is 37.5 Å². The van der Waals surface area contributed by atoms with Crippen LogP contribution in [0.15, 0.2) is 84.8 Å². The van der Waals surface area contributed by atoms with Crippen LogP contribution in [0.4, 0.5) is 0 Å². The second-order valence-corrected chi connectivity index (χ2v) is 11.7. The smallest absolute Gasteiger partial charge is 0.250 e. The number of carbonyl (C=O) groups excluding carboxylic acids is 2. The van der Waals surface area contributed by atoms with Gasteiger partial charge in [0.1, 0.15) is 5.75 Å². The number of aliphatic hydroxyl groups is 1. The third-order valence-corrected chi connectivity index (χ3v) is 8.08. The Labute approximate surface area is 253 Å². The first-order chi connectivity index (χ1) is 19.8. The first kappa shape index (κ1) is 28.8. The number of carbonyl (C=O) groups is 2. The molecule has 1 fully saturated rings. The molecule has 0 spiro atoms. The van der Waals surface area contributed by atoms with Crippen molar-refractivity contribution in [2.24, 2.45) is 5.92 Å². The fourth-order valence-corrected chi connectivity index (χ4v) is 5.64. The molecule has 2 heterocycles. The highest BCUT2D eigenvalue weighted by Crippen LogP contribution is 2.33. The summed E-state index contributed by atoms with van der Waals surface area (Å²) in [5.41, 5.74) is 5.29. The van der Waals surface area contributed by atoms with Crippen molar-refractivity contribution in [3.63, 3.8) is 0 Å². The first-order valence-electron chi connectivity index (χ1n) is 13.5. The van der Waals surface area contributed by atoms with E-state index < -0.39 is 6.04 Å². The summed E-state index contributed by atoms with van der Waals surface area (Å²) >= 11 is 2.21. The molecular weight excluding hydrogens is 629 g/mol. The molecular formula is C33H32IN3O4. The molecule has 1 amide bonds. The monoisotopic (exact) mass is 661 g/mol. The van der Waals surface area contributed by atoms with E-state index in [1.54, 1.807) is 30.5 Å². The Morgan fingerprint density at radius 3 is 2.41 bits per heavy atom. The van der Waals surface area contributed by atoms with Crippen molar-refractivity contribution >= 4 is 40.4 Å². The Bertz CT molecular complexity index is 1590. The van der Waals surface area contributed by atoms with Crippen molar-refractivity contribution < 1.29 is 19.4 Å². The lowest BCUT2D eigenvalue weighted by Gasteiger charge is -2.38. The molecule has 2 atom stereocenters. The van der Waals surface area contributed by atoms with Crippen LogP contribution < -0.4 is 4.74 Å². The van der Waals surface area contributed by atoms with E-state index in [1.165, 1.54) is 0 Å². The lowest BCUT2D eigenvalue weighted by Crippen LogP contribution is -2.44. The Morgan fingerprint density at radius 2 is 1.80 bits per heavy atom. The maximum Gasteiger partial charge on any atom is 0.250 e. The van der Waals surface area contributed by atoms with Crippen LogP contribution in [0.3, 0.4) is 0 Å². The van der Waals surface area contributed by atoms with Crippen LogP contribution in [-0.2, 0) is 4.79 Å². The molecule has 8 heteroatoms. The number of nitrogens with zero attached hydrogens (tertiary/aromatic N) is 3. The molecule has 1 aliphatic rings. The minimum Gasteiger partial charge on any atom is -0.495 e. The van der Waals surface area contributed by atoms with Gasteiger partial charge in [-0.05, 0) is 95.5 Å². The number of benzene rings is 3. The standard InChI is InChI=1S/C33H32IN3O4/c1-21-14-27(15-23-4-13-29(31(16-23)41-3)36-18-22(2)35-20-36)33(40)37(17-21)30(19-38)24-5-7-25(8-6-24)32(39)26-9-11-28(34)12-10-26/h4-13,15-16,18,20-21,30,38H,14,17,19H2,1-3H3/b27-15+/t21-,30-/m0/s1. The van der Waals surface area contributed by atoms with Crippen molar-refractivity contribution in [3.8, 4) is 11.4 Å². The molecule has 0 saturated carbocycles. The molecule has 1 aliphatic heterocycles. The number of ketones is 1. The Morgan fingerprint density at radius 1 is 1.12 bits per heavy atom. The summed E-state index contributed by atoms with van der Waals surface area (Å²) in [5.74, 6) is 0.725. The maximum atomic E-state index is 13.7. The van der Waals surface area contributed by atoms with E-state index in [4.69, 9.17) is 4.74 Å². The largest absolute Gasteiger partial charge is 0.495 e. The van der Waals surface area contributed by atoms with E-state index in [0.29, 0.717) is 35.4 Å². The summed E-state index contributed by atoms with van der Waals surface area (Å²) in [7, 11) is 1.63. The van der Waals surface area contributed by atoms with Crippen molar-refractivity contribution in [3.05, 3.63) is 116 Å². The first-order valence-corrected chi connectivity index (χ1v) is 14.6. The van der Waals surface area contributed by atoms with Gasteiger partial charge < -0.3 is 19.3 Å². The molecule has 4 aromatic rings. The summed E-state index contributed by atoms with van der Waals surface area (Å²) in [6.07, 6.45) is 6.23. The van der Waals surface area contributed by atoms with E-state index in [2.05, 4.69) is 34.5 Å². The predicted molar refractivity (Wildman–Crippen MR) is 167 cm³/mol. The van der Waals surface area contributed by atoms with Crippen LogP contribution in [-0.4, -0.2) is 51.5 Å². The number of aryl methyl sites for hydroxylation is 1. The average Bonchev–Trinajstić information content (AvgIpc) is 3.42. The quantitative estimate of drug-likeness (QED) is 0.142. The molecule has 210 valence electrons. The lowest BCUT2D eigenvalue weighted by molar-refractivity contribution is -0.133. The van der Waals surface area contributed by atoms with Gasteiger partial charge in [-0.2, -0.15) is 0 Å². The molecule has 1 N–H and O–H groups in total. The van der Waals surface area contributed by atoms with Gasteiger partial charge in [0.25, 0.3) is 0 Å². The van der Waals surface area contributed by atoms with Crippen molar-refractivity contribution in [2.75, 3.05) is 20.3 Å². The highest BCUT2D eigenvalue weighted by atomic mass is 127. The molecule has 7 nitrogen and oxygen atoms in total. The number of piperidine rings is 1. The minimum absolute atomic E-state index is 0.0639. The second kappa shape index (κ2) is 12.4. The number of likely N-dealkylation sites (tertiary alicyclic amines) is 1. The average molecular weight is 662 g/mol. The Balaban J connectivity index is 1.38. The zero-order chi connectivity index (χ0) is 29.1. The number of rotatable bonds is 8. The van der Waals surface area contributed by atoms with E-state index in [0.717, 1.165) is 26.1 Å².